The molecule has 0 aromatic heterocycles. The molecule has 1 aromatic carbocycles. The molecule has 0 aliphatic carbocycles. The number of halogens is 3. The Kier molecular flexibility index (Phi) is 2.64. The fourth-order valence-corrected chi connectivity index (χ4v) is 0.863. The van der Waals surface area contributed by atoms with E-state index in [1.54, 1.807) is 0 Å². The van der Waals surface area contributed by atoms with Crippen molar-refractivity contribution in [2.24, 2.45) is 5.73 Å². The van der Waals surface area contributed by atoms with Crippen LogP contribution in [0, 0.1) is 11.5 Å². The van der Waals surface area contributed by atoms with Crippen LogP contribution in [-0.4, -0.2) is 5.96 Å². The largest absolute Gasteiger partial charge is 0.417 e. The summed E-state index contributed by atoms with van der Waals surface area (Å²) in [4.78, 5) is 0. The van der Waals surface area contributed by atoms with Gasteiger partial charge < -0.3 is 11.1 Å². The van der Waals surface area contributed by atoms with Crippen molar-refractivity contribution in [2.45, 2.75) is 6.18 Å². The molecule has 0 unspecified atom stereocenters. The Bertz CT molecular complexity index is 346. The quantitative estimate of drug-likeness (QED) is 0.480. The van der Waals surface area contributed by atoms with E-state index in [0.29, 0.717) is 0 Å². The van der Waals surface area contributed by atoms with Gasteiger partial charge >= 0.3 is 6.18 Å². The molecule has 0 spiro atoms. The molecule has 0 atom stereocenters. The smallest absolute Gasteiger partial charge is 0.370 e. The molecule has 0 aliphatic rings. The maximum atomic E-state index is 12.2. The highest BCUT2D eigenvalue weighted by molar-refractivity contribution is 5.89. The number of alkyl halides is 3. The summed E-state index contributed by atoms with van der Waals surface area (Å²) < 4.78 is 36.5. The summed E-state index contributed by atoms with van der Waals surface area (Å²) in [5, 5.41) is 9.09. The van der Waals surface area contributed by atoms with Crippen molar-refractivity contribution in [3.8, 4) is 0 Å². The van der Waals surface area contributed by atoms with Crippen molar-refractivity contribution < 1.29 is 13.2 Å². The van der Waals surface area contributed by atoms with Gasteiger partial charge in [0.2, 0.25) is 0 Å². The van der Waals surface area contributed by atoms with Crippen LogP contribution in [-0.2, 0) is 6.18 Å². The molecule has 1 radical (unpaired) electrons. The van der Waals surface area contributed by atoms with Gasteiger partial charge in [-0.15, -0.1) is 0 Å². The number of hydrogen-bond donors (Lipinski definition) is 3. The van der Waals surface area contributed by atoms with Gasteiger partial charge in [-0.25, -0.2) is 0 Å². The standard InChI is InChI=1S/C8H7F3N3/c9-8(10,11)5-2-1-3-6(4-5)14-7(12)13/h1,3-4H,(H4,12,13,14). The molecule has 4 N–H and O–H groups in total. The molecule has 3 nitrogen and oxygen atoms in total. The molecule has 0 saturated heterocycles. The van der Waals surface area contributed by atoms with Gasteiger partial charge in [-0.1, -0.05) is 6.07 Å². The maximum absolute atomic E-state index is 12.2. The molecule has 0 saturated carbocycles. The van der Waals surface area contributed by atoms with E-state index >= 15 is 0 Å². The molecule has 75 valence electrons. The van der Waals surface area contributed by atoms with Gasteiger partial charge in [0, 0.05) is 5.69 Å². The van der Waals surface area contributed by atoms with E-state index in [0.717, 1.165) is 12.1 Å². The Morgan fingerprint density at radius 2 is 2.14 bits per heavy atom. The Hall–Kier alpha value is -1.72. The van der Waals surface area contributed by atoms with E-state index in [4.69, 9.17) is 11.1 Å². The van der Waals surface area contributed by atoms with E-state index in [9.17, 15) is 13.2 Å². The lowest BCUT2D eigenvalue weighted by Crippen LogP contribution is -2.20. The Balaban J connectivity index is 2.95. The summed E-state index contributed by atoms with van der Waals surface area (Å²) in [6.07, 6.45) is -4.44. The number of guanidine groups is 1. The third-order valence-electron chi connectivity index (χ3n) is 1.39. The first kappa shape index (κ1) is 10.4. The van der Waals surface area contributed by atoms with Crippen LogP contribution in [0.1, 0.15) is 5.56 Å². The first-order valence-electron chi connectivity index (χ1n) is 3.59. The molecule has 0 bridgehead atoms. The van der Waals surface area contributed by atoms with Crippen LogP contribution in [0.5, 0.6) is 0 Å². The zero-order chi connectivity index (χ0) is 10.8. The van der Waals surface area contributed by atoms with Crippen LogP contribution >= 0.6 is 0 Å². The van der Waals surface area contributed by atoms with Crippen molar-refractivity contribution in [1.29, 1.82) is 5.41 Å². The lowest BCUT2D eigenvalue weighted by atomic mass is 10.2. The van der Waals surface area contributed by atoms with Crippen molar-refractivity contribution >= 4 is 11.6 Å². The van der Waals surface area contributed by atoms with Gasteiger partial charge in [0.1, 0.15) is 0 Å². The maximum Gasteiger partial charge on any atom is 0.417 e. The minimum absolute atomic E-state index is 0.114. The van der Waals surface area contributed by atoms with Crippen LogP contribution < -0.4 is 11.1 Å². The third-order valence-corrected chi connectivity index (χ3v) is 1.39. The van der Waals surface area contributed by atoms with Crippen LogP contribution in [0.15, 0.2) is 18.2 Å². The Morgan fingerprint density at radius 1 is 1.50 bits per heavy atom. The fourth-order valence-electron chi connectivity index (χ4n) is 0.863. The van der Waals surface area contributed by atoms with Gasteiger partial charge in [-0.3, -0.25) is 5.41 Å². The molecule has 0 fully saturated rings. The zero-order valence-electron chi connectivity index (χ0n) is 6.94. The fraction of sp³-hybridized carbons (Fsp3) is 0.125. The van der Waals surface area contributed by atoms with Gasteiger partial charge in [-0.2, -0.15) is 13.2 Å². The van der Waals surface area contributed by atoms with E-state index < -0.39 is 17.7 Å². The minimum Gasteiger partial charge on any atom is -0.370 e. The molecular formula is C8H7F3N3. The van der Waals surface area contributed by atoms with Crippen LogP contribution in [0.4, 0.5) is 18.9 Å². The zero-order valence-corrected chi connectivity index (χ0v) is 6.94. The lowest BCUT2D eigenvalue weighted by molar-refractivity contribution is -0.137. The number of nitrogens with one attached hydrogen (secondary N) is 2. The highest BCUT2D eigenvalue weighted by atomic mass is 19.4. The van der Waals surface area contributed by atoms with Crippen LogP contribution in [0.25, 0.3) is 0 Å². The molecular weight excluding hydrogens is 195 g/mol. The average molecular weight is 202 g/mol. The van der Waals surface area contributed by atoms with Gasteiger partial charge in [0.05, 0.1) is 5.56 Å². The van der Waals surface area contributed by atoms with E-state index in [1.807, 2.05) is 6.07 Å². The number of nitrogens with two attached hydrogens (primary N) is 1. The molecule has 1 rings (SSSR count). The SMILES string of the molecule is N=C(N)Nc1cc[c]c(C(F)(F)F)c1. The predicted octanol–water partition coefficient (Wildman–Crippen LogP) is 1.81. The predicted molar refractivity (Wildman–Crippen MR) is 45.8 cm³/mol. The van der Waals surface area contributed by atoms with E-state index in [-0.39, 0.29) is 5.69 Å². The number of hydrogen-bond acceptors (Lipinski definition) is 1. The van der Waals surface area contributed by atoms with Crippen molar-refractivity contribution in [2.75, 3.05) is 5.32 Å². The molecule has 0 amide bonds. The van der Waals surface area contributed by atoms with Crippen molar-refractivity contribution in [3.05, 3.63) is 29.8 Å². The molecule has 1 aromatic rings. The second-order valence-electron chi connectivity index (χ2n) is 2.53. The Morgan fingerprint density at radius 3 is 2.64 bits per heavy atom. The average Bonchev–Trinajstić information content (AvgIpc) is 2.01. The van der Waals surface area contributed by atoms with Crippen LogP contribution in [0.2, 0.25) is 0 Å². The highest BCUT2D eigenvalue weighted by Gasteiger charge is 2.30. The van der Waals surface area contributed by atoms with Gasteiger partial charge in [0.15, 0.2) is 5.96 Å². The second-order valence-corrected chi connectivity index (χ2v) is 2.53. The summed E-state index contributed by atoms with van der Waals surface area (Å²) in [7, 11) is 0. The van der Waals surface area contributed by atoms with E-state index in [1.165, 1.54) is 6.07 Å². The van der Waals surface area contributed by atoms with Gasteiger partial charge in [0.25, 0.3) is 0 Å². The highest BCUT2D eigenvalue weighted by Crippen LogP contribution is 2.30. The summed E-state index contributed by atoms with van der Waals surface area (Å²) in [5.41, 5.74) is 4.18. The summed E-state index contributed by atoms with van der Waals surface area (Å²) in [5.74, 6) is -0.413. The Labute approximate surface area is 78.2 Å². The monoisotopic (exact) mass is 202 g/mol. The summed E-state index contributed by atoms with van der Waals surface area (Å²) in [6, 6.07) is 5.34. The number of anilines is 1. The van der Waals surface area contributed by atoms with E-state index in [2.05, 4.69) is 5.32 Å². The van der Waals surface area contributed by atoms with Crippen LogP contribution in [0.3, 0.4) is 0 Å². The first-order valence-corrected chi connectivity index (χ1v) is 3.59. The second kappa shape index (κ2) is 3.57. The molecule has 14 heavy (non-hydrogen) atoms. The molecule has 0 heterocycles. The number of benzene rings is 1. The lowest BCUT2D eigenvalue weighted by Gasteiger charge is -2.08. The first-order chi connectivity index (χ1) is 6.39. The molecule has 6 heteroatoms. The molecule has 0 aliphatic heterocycles. The summed E-state index contributed by atoms with van der Waals surface area (Å²) >= 11 is 0. The topological polar surface area (TPSA) is 61.9 Å². The minimum atomic E-state index is -4.44. The normalized spacial score (nSPS) is 11.1. The van der Waals surface area contributed by atoms with Crippen molar-refractivity contribution in [1.82, 2.24) is 0 Å². The number of rotatable bonds is 1. The van der Waals surface area contributed by atoms with Gasteiger partial charge in [-0.05, 0) is 18.2 Å². The third kappa shape index (κ3) is 2.65. The van der Waals surface area contributed by atoms with Crippen molar-refractivity contribution in [3.63, 3.8) is 0 Å². The summed E-state index contributed by atoms with van der Waals surface area (Å²) in [6.45, 7) is 0.